The minimum Gasteiger partial charge on any atom is -0.465 e. The van der Waals surface area contributed by atoms with E-state index in [0.29, 0.717) is 20.7 Å². The van der Waals surface area contributed by atoms with Gasteiger partial charge in [-0.05, 0) is 45.9 Å². The summed E-state index contributed by atoms with van der Waals surface area (Å²) in [6, 6.07) is 3.31. The highest BCUT2D eigenvalue weighted by atomic mass is 79.9. The second-order valence-electron chi connectivity index (χ2n) is 3.91. The first-order chi connectivity index (χ1) is 9.54. The van der Waals surface area contributed by atoms with Crippen LogP contribution in [0.15, 0.2) is 28.3 Å². The number of hydrogen-bond donors (Lipinski definition) is 1. The number of aromatic nitrogens is 1. The van der Waals surface area contributed by atoms with Crippen molar-refractivity contribution in [3.8, 4) is 0 Å². The van der Waals surface area contributed by atoms with E-state index < -0.39 is 5.97 Å². The van der Waals surface area contributed by atoms with Gasteiger partial charge in [0.15, 0.2) is 0 Å². The largest absolute Gasteiger partial charge is 0.465 e. The maximum Gasteiger partial charge on any atom is 0.350 e. The predicted octanol–water partition coefficient (Wildman–Crippen LogP) is 3.25. The van der Waals surface area contributed by atoms with Crippen LogP contribution in [0.1, 0.15) is 25.6 Å². The molecule has 2 heterocycles. The van der Waals surface area contributed by atoms with E-state index in [9.17, 15) is 9.59 Å². The Balaban J connectivity index is 2.31. The lowest BCUT2D eigenvalue weighted by molar-refractivity contribution is 0.0607. The third-order valence-electron chi connectivity index (χ3n) is 2.59. The molecule has 0 unspecified atom stereocenters. The highest BCUT2D eigenvalue weighted by Crippen LogP contribution is 2.29. The molecule has 2 aromatic heterocycles. The molecule has 0 spiro atoms. The molecule has 0 saturated carbocycles. The molecule has 0 aromatic carbocycles. The van der Waals surface area contributed by atoms with Crippen molar-refractivity contribution < 1.29 is 14.3 Å². The van der Waals surface area contributed by atoms with E-state index >= 15 is 0 Å². The number of nitrogens with one attached hydrogen (secondary N) is 1. The number of aryl methyl sites for hydroxylation is 1. The molecular weight excluding hydrogens is 344 g/mol. The first kappa shape index (κ1) is 14.7. The average Bonchev–Trinajstić information content (AvgIpc) is 2.80. The Hall–Kier alpha value is -1.73. The lowest BCUT2D eigenvalue weighted by Gasteiger charge is -2.08. The summed E-state index contributed by atoms with van der Waals surface area (Å²) < 4.78 is 5.15. The van der Waals surface area contributed by atoms with Crippen molar-refractivity contribution >= 4 is 44.8 Å². The van der Waals surface area contributed by atoms with Crippen molar-refractivity contribution in [2.45, 2.75) is 6.92 Å². The number of esters is 1. The first-order valence-corrected chi connectivity index (χ1v) is 7.30. The van der Waals surface area contributed by atoms with Gasteiger partial charge in [-0.25, -0.2) is 9.78 Å². The minimum atomic E-state index is -0.469. The normalized spacial score (nSPS) is 10.2. The summed E-state index contributed by atoms with van der Waals surface area (Å²) >= 11 is 4.45. The van der Waals surface area contributed by atoms with Gasteiger partial charge < -0.3 is 10.1 Å². The number of rotatable bonds is 3. The smallest absolute Gasteiger partial charge is 0.350 e. The number of carbonyl (C=O) groups excluding carboxylic acids is 2. The molecule has 1 N–H and O–H groups in total. The molecule has 5 nitrogen and oxygen atoms in total. The highest BCUT2D eigenvalue weighted by molar-refractivity contribution is 9.10. The highest BCUT2D eigenvalue weighted by Gasteiger charge is 2.20. The first-order valence-electron chi connectivity index (χ1n) is 5.63. The number of anilines is 1. The van der Waals surface area contributed by atoms with Crippen LogP contribution in [-0.4, -0.2) is 24.0 Å². The summed E-state index contributed by atoms with van der Waals surface area (Å²) in [4.78, 5) is 28.2. The summed E-state index contributed by atoms with van der Waals surface area (Å²) in [5, 5.41) is 4.52. The molecule has 0 fully saturated rings. The zero-order chi connectivity index (χ0) is 14.7. The van der Waals surface area contributed by atoms with E-state index in [2.05, 4.69) is 26.2 Å². The lowest BCUT2D eigenvalue weighted by atomic mass is 10.2. The molecular formula is C13H11BrN2O3S. The number of ether oxygens (including phenoxy) is 1. The molecule has 104 valence electrons. The number of nitrogens with zero attached hydrogens (tertiary/aromatic N) is 1. The van der Waals surface area contributed by atoms with Crippen LogP contribution in [0, 0.1) is 6.92 Å². The van der Waals surface area contributed by atoms with Gasteiger partial charge in [0, 0.05) is 6.20 Å². The summed E-state index contributed by atoms with van der Waals surface area (Å²) in [6.07, 6.45) is 1.58. The van der Waals surface area contributed by atoms with Crippen LogP contribution < -0.4 is 5.32 Å². The van der Waals surface area contributed by atoms with Crippen LogP contribution in [0.5, 0.6) is 0 Å². The van der Waals surface area contributed by atoms with Gasteiger partial charge in [-0.3, -0.25) is 4.79 Å². The van der Waals surface area contributed by atoms with Gasteiger partial charge in [0.1, 0.15) is 9.48 Å². The average molecular weight is 355 g/mol. The quantitative estimate of drug-likeness (QED) is 0.678. The number of amides is 1. The minimum absolute atomic E-state index is 0.336. The van der Waals surface area contributed by atoms with E-state index in [-0.39, 0.29) is 5.91 Å². The van der Waals surface area contributed by atoms with Crippen molar-refractivity contribution in [1.29, 1.82) is 0 Å². The molecule has 0 saturated heterocycles. The lowest BCUT2D eigenvalue weighted by Crippen LogP contribution is -2.15. The van der Waals surface area contributed by atoms with Crippen molar-refractivity contribution in [3.63, 3.8) is 0 Å². The Morgan fingerprint density at radius 2 is 2.20 bits per heavy atom. The molecule has 0 bridgehead atoms. The number of methoxy groups -OCH3 is 1. The summed E-state index contributed by atoms with van der Waals surface area (Å²) in [6.45, 7) is 1.82. The van der Waals surface area contributed by atoms with E-state index in [1.807, 2.05) is 6.92 Å². The molecule has 0 atom stereocenters. The Morgan fingerprint density at radius 3 is 2.85 bits per heavy atom. The Kier molecular flexibility index (Phi) is 4.51. The van der Waals surface area contributed by atoms with Gasteiger partial charge in [-0.15, -0.1) is 11.3 Å². The fourth-order valence-corrected chi connectivity index (χ4v) is 2.93. The monoisotopic (exact) mass is 354 g/mol. The Bertz CT molecular complexity index is 669. The topological polar surface area (TPSA) is 68.3 Å². The standard InChI is InChI=1S/C13H11BrN2O3S/c1-7-6-20-10(13(18)19-2)9(7)16-12(17)8-4-3-5-15-11(8)14/h3-6H,1-2H3,(H,16,17). The second-order valence-corrected chi connectivity index (χ2v) is 5.54. The zero-order valence-electron chi connectivity index (χ0n) is 10.8. The van der Waals surface area contributed by atoms with Crippen LogP contribution in [0.25, 0.3) is 0 Å². The van der Waals surface area contributed by atoms with Gasteiger partial charge in [0.25, 0.3) is 5.91 Å². The van der Waals surface area contributed by atoms with Crippen LogP contribution in [-0.2, 0) is 4.74 Å². The van der Waals surface area contributed by atoms with Crippen LogP contribution in [0.2, 0.25) is 0 Å². The fraction of sp³-hybridized carbons (Fsp3) is 0.154. The van der Waals surface area contributed by atoms with Crippen molar-refractivity contribution in [1.82, 2.24) is 4.98 Å². The number of carbonyl (C=O) groups is 2. The Labute approximate surface area is 128 Å². The number of thiophene rings is 1. The van der Waals surface area contributed by atoms with Crippen molar-refractivity contribution in [2.24, 2.45) is 0 Å². The number of hydrogen-bond acceptors (Lipinski definition) is 5. The van der Waals surface area contributed by atoms with Gasteiger partial charge in [0.2, 0.25) is 0 Å². The second kappa shape index (κ2) is 6.15. The summed E-state index contributed by atoms with van der Waals surface area (Å²) in [5.74, 6) is -0.805. The van der Waals surface area contributed by atoms with E-state index in [0.717, 1.165) is 5.56 Å². The van der Waals surface area contributed by atoms with Crippen LogP contribution in [0.3, 0.4) is 0 Å². The molecule has 1 amide bonds. The fourth-order valence-electron chi connectivity index (χ4n) is 1.58. The van der Waals surface area contributed by atoms with E-state index in [4.69, 9.17) is 4.74 Å². The van der Waals surface area contributed by atoms with Crippen LogP contribution >= 0.6 is 27.3 Å². The zero-order valence-corrected chi connectivity index (χ0v) is 13.2. The van der Waals surface area contributed by atoms with Crippen LogP contribution in [0.4, 0.5) is 5.69 Å². The number of halogens is 1. The van der Waals surface area contributed by atoms with E-state index in [1.54, 1.807) is 23.7 Å². The van der Waals surface area contributed by atoms with Gasteiger partial charge in [-0.2, -0.15) is 0 Å². The molecule has 2 aromatic rings. The summed E-state index contributed by atoms with van der Waals surface area (Å²) in [7, 11) is 1.31. The van der Waals surface area contributed by atoms with Gasteiger partial charge in [-0.1, -0.05) is 0 Å². The van der Waals surface area contributed by atoms with Crippen molar-refractivity contribution in [3.05, 3.63) is 44.3 Å². The van der Waals surface area contributed by atoms with Gasteiger partial charge in [0.05, 0.1) is 18.4 Å². The molecule has 0 radical (unpaired) electrons. The maximum absolute atomic E-state index is 12.2. The molecule has 20 heavy (non-hydrogen) atoms. The molecule has 0 aliphatic heterocycles. The molecule has 0 aliphatic carbocycles. The molecule has 2 rings (SSSR count). The SMILES string of the molecule is COC(=O)c1scc(C)c1NC(=O)c1cccnc1Br. The van der Waals surface area contributed by atoms with Crippen molar-refractivity contribution in [2.75, 3.05) is 12.4 Å². The maximum atomic E-state index is 12.2. The van der Waals surface area contributed by atoms with E-state index in [1.165, 1.54) is 18.4 Å². The number of pyridine rings is 1. The Morgan fingerprint density at radius 1 is 1.45 bits per heavy atom. The van der Waals surface area contributed by atoms with Gasteiger partial charge >= 0.3 is 5.97 Å². The molecule has 0 aliphatic rings. The third kappa shape index (κ3) is 2.88. The summed E-state index contributed by atoms with van der Waals surface area (Å²) in [5.41, 5.74) is 1.68. The predicted molar refractivity (Wildman–Crippen MR) is 80.3 cm³/mol. The molecule has 7 heteroatoms. The third-order valence-corrected chi connectivity index (χ3v) is 4.30.